The summed E-state index contributed by atoms with van der Waals surface area (Å²) in [6.07, 6.45) is -0.395. The highest BCUT2D eigenvalue weighted by Crippen LogP contribution is 2.62. The summed E-state index contributed by atoms with van der Waals surface area (Å²) in [6.45, 7) is 7.64. The molecule has 0 aliphatic rings. The number of ether oxygens (including phenoxy) is 2. The number of carbonyl (C=O) groups is 2. The highest BCUT2D eigenvalue weighted by atomic mass is 32.9. The highest BCUT2D eigenvalue weighted by Gasteiger charge is 2.33. The minimum absolute atomic E-state index is 0.132. The smallest absolute Gasteiger partial charge is 0.320 e. The van der Waals surface area contributed by atoms with Gasteiger partial charge in [-0.1, -0.05) is 25.2 Å². The Kier molecular flexibility index (Phi) is 10.5. The zero-order valence-corrected chi connectivity index (χ0v) is 16.4. The molecule has 0 amide bonds. The maximum absolute atomic E-state index is 12.3. The molecule has 0 aromatic rings. The van der Waals surface area contributed by atoms with E-state index in [-0.39, 0.29) is 25.0 Å². The molecule has 0 aliphatic heterocycles. The normalized spacial score (nSPS) is 14.5. The van der Waals surface area contributed by atoms with Gasteiger partial charge in [-0.25, -0.2) is 0 Å². The van der Waals surface area contributed by atoms with Gasteiger partial charge in [-0.3, -0.25) is 9.59 Å². The lowest BCUT2D eigenvalue weighted by Crippen LogP contribution is -2.29. The molecule has 0 spiro atoms. The monoisotopic (exact) mass is 372 g/mol. The van der Waals surface area contributed by atoms with E-state index in [4.69, 9.17) is 30.3 Å². The summed E-state index contributed by atoms with van der Waals surface area (Å²) in [6, 6.07) is 0. The van der Waals surface area contributed by atoms with Gasteiger partial charge in [0, 0.05) is 14.2 Å². The SMILES string of the molecule is CCOC(=O)CC(SP(=S)(OC)OC)C(=O)OC(C)C(C)C. The van der Waals surface area contributed by atoms with Crippen LogP contribution < -0.4 is 0 Å². The summed E-state index contributed by atoms with van der Waals surface area (Å²) < 4.78 is 20.6. The van der Waals surface area contributed by atoms with Crippen LogP contribution in [0.25, 0.3) is 0 Å². The van der Waals surface area contributed by atoms with Crippen LogP contribution in [0.3, 0.4) is 0 Å². The third-order valence-electron chi connectivity index (χ3n) is 2.86. The predicted octanol–water partition coefficient (Wildman–Crippen LogP) is 3.15. The van der Waals surface area contributed by atoms with Gasteiger partial charge in [-0.2, -0.15) is 0 Å². The second-order valence-corrected chi connectivity index (χ2v) is 11.4. The van der Waals surface area contributed by atoms with Gasteiger partial charge in [0.2, 0.25) is 5.69 Å². The molecular formula is C13H25O6PS2. The van der Waals surface area contributed by atoms with Crippen molar-refractivity contribution in [1.29, 1.82) is 0 Å². The lowest BCUT2D eigenvalue weighted by Gasteiger charge is -2.24. The second-order valence-electron chi connectivity index (χ2n) is 4.80. The maximum atomic E-state index is 12.3. The summed E-state index contributed by atoms with van der Waals surface area (Å²) in [5, 5.41) is -0.814. The highest BCUT2D eigenvalue weighted by molar-refractivity contribution is 8.68. The summed E-state index contributed by atoms with van der Waals surface area (Å²) in [5.41, 5.74) is -2.69. The standard InChI is InChI=1S/C13H25O6PS2/c1-7-18-12(14)8-11(22-20(21,16-5)17-6)13(15)19-10(4)9(2)3/h9-11H,7-8H2,1-6H3. The van der Waals surface area contributed by atoms with E-state index in [1.807, 2.05) is 13.8 Å². The van der Waals surface area contributed by atoms with Crippen molar-refractivity contribution in [2.45, 2.75) is 45.5 Å². The fraction of sp³-hybridized carbons (Fsp3) is 0.846. The maximum Gasteiger partial charge on any atom is 0.320 e. The zero-order chi connectivity index (χ0) is 17.3. The molecule has 6 nitrogen and oxygen atoms in total. The van der Waals surface area contributed by atoms with Crippen molar-refractivity contribution in [3.8, 4) is 0 Å². The first-order valence-electron chi connectivity index (χ1n) is 6.95. The largest absolute Gasteiger partial charge is 0.466 e. The first-order valence-corrected chi connectivity index (χ1v) is 11.1. The summed E-state index contributed by atoms with van der Waals surface area (Å²) >= 11 is 6.27. The van der Waals surface area contributed by atoms with Crippen molar-refractivity contribution >= 4 is 40.8 Å². The van der Waals surface area contributed by atoms with E-state index in [9.17, 15) is 9.59 Å². The molecular weight excluding hydrogens is 347 g/mol. The molecule has 0 rings (SSSR count). The van der Waals surface area contributed by atoms with E-state index in [0.29, 0.717) is 0 Å². The summed E-state index contributed by atoms with van der Waals surface area (Å²) in [4.78, 5) is 24.0. The minimum Gasteiger partial charge on any atom is -0.466 e. The van der Waals surface area contributed by atoms with Crippen LogP contribution >= 0.6 is 17.1 Å². The Balaban J connectivity index is 5.03. The molecule has 2 atom stereocenters. The molecule has 2 unspecified atom stereocenters. The number of hydrogen-bond donors (Lipinski definition) is 0. The third kappa shape index (κ3) is 7.92. The average molecular weight is 372 g/mol. The molecule has 130 valence electrons. The topological polar surface area (TPSA) is 71.1 Å². The summed E-state index contributed by atoms with van der Waals surface area (Å²) in [7, 11) is 2.83. The van der Waals surface area contributed by atoms with Crippen LogP contribution in [0.1, 0.15) is 34.1 Å². The van der Waals surface area contributed by atoms with Gasteiger partial charge in [0.25, 0.3) is 0 Å². The molecule has 0 saturated carbocycles. The third-order valence-corrected chi connectivity index (χ3v) is 8.73. The fourth-order valence-electron chi connectivity index (χ4n) is 1.25. The lowest BCUT2D eigenvalue weighted by molar-refractivity contribution is -0.153. The van der Waals surface area contributed by atoms with E-state index in [2.05, 4.69) is 0 Å². The van der Waals surface area contributed by atoms with Gasteiger partial charge in [0.05, 0.1) is 13.0 Å². The van der Waals surface area contributed by atoms with Crippen molar-refractivity contribution < 1.29 is 28.1 Å². The molecule has 0 heterocycles. The van der Waals surface area contributed by atoms with E-state index in [1.165, 1.54) is 14.2 Å². The molecule has 0 aromatic carbocycles. The Morgan fingerprint density at radius 2 is 1.73 bits per heavy atom. The van der Waals surface area contributed by atoms with Crippen LogP contribution in [-0.4, -0.2) is 44.1 Å². The van der Waals surface area contributed by atoms with Crippen LogP contribution in [0.4, 0.5) is 0 Å². The predicted molar refractivity (Wildman–Crippen MR) is 91.3 cm³/mol. The molecule has 0 bridgehead atoms. The van der Waals surface area contributed by atoms with E-state index in [1.54, 1.807) is 13.8 Å². The van der Waals surface area contributed by atoms with Gasteiger partial charge in [0.1, 0.15) is 11.4 Å². The van der Waals surface area contributed by atoms with Crippen LogP contribution in [0.2, 0.25) is 0 Å². The summed E-state index contributed by atoms with van der Waals surface area (Å²) in [5.74, 6) is -0.824. The van der Waals surface area contributed by atoms with Crippen molar-refractivity contribution in [3.63, 3.8) is 0 Å². The first kappa shape index (κ1) is 21.9. The van der Waals surface area contributed by atoms with Gasteiger partial charge in [-0.05, 0) is 31.6 Å². The van der Waals surface area contributed by atoms with Gasteiger partial charge >= 0.3 is 11.9 Å². The molecule has 0 aliphatic carbocycles. The van der Waals surface area contributed by atoms with E-state index >= 15 is 0 Å². The lowest BCUT2D eigenvalue weighted by atomic mass is 10.1. The van der Waals surface area contributed by atoms with Crippen molar-refractivity contribution in [3.05, 3.63) is 0 Å². The Hall–Kier alpha value is -0.140. The van der Waals surface area contributed by atoms with Gasteiger partial charge < -0.3 is 18.5 Å². The minimum atomic E-state index is -2.69. The van der Waals surface area contributed by atoms with Gasteiger partial charge in [0.15, 0.2) is 0 Å². The number of esters is 2. The quantitative estimate of drug-likeness (QED) is 0.428. The zero-order valence-electron chi connectivity index (χ0n) is 13.9. The number of rotatable bonds is 10. The van der Waals surface area contributed by atoms with Crippen LogP contribution in [-0.2, 0) is 39.9 Å². The fourth-order valence-corrected chi connectivity index (χ4v) is 5.10. The Bertz CT molecular complexity index is 407. The van der Waals surface area contributed by atoms with E-state index < -0.39 is 22.9 Å². The van der Waals surface area contributed by atoms with Gasteiger partial charge in [-0.15, -0.1) is 0 Å². The molecule has 22 heavy (non-hydrogen) atoms. The molecule has 9 heteroatoms. The molecule has 0 aromatic heterocycles. The number of carbonyl (C=O) groups excluding carboxylic acids is 2. The van der Waals surface area contributed by atoms with Crippen molar-refractivity contribution in [1.82, 2.24) is 0 Å². The Labute approximate surface area is 141 Å². The number of hydrogen-bond acceptors (Lipinski definition) is 8. The van der Waals surface area contributed by atoms with E-state index in [0.717, 1.165) is 11.4 Å². The van der Waals surface area contributed by atoms with Crippen molar-refractivity contribution in [2.75, 3.05) is 20.8 Å². The van der Waals surface area contributed by atoms with Crippen molar-refractivity contribution in [2.24, 2.45) is 5.92 Å². The molecule has 0 radical (unpaired) electrons. The average Bonchev–Trinajstić information content (AvgIpc) is 2.46. The first-order chi connectivity index (χ1) is 10.2. The molecule has 0 N–H and O–H groups in total. The van der Waals surface area contributed by atoms with Crippen LogP contribution in [0.15, 0.2) is 0 Å². The Morgan fingerprint density at radius 1 is 1.18 bits per heavy atom. The second kappa shape index (κ2) is 10.6. The Morgan fingerprint density at radius 3 is 2.14 bits per heavy atom. The molecule has 0 fully saturated rings. The molecule has 0 saturated heterocycles. The van der Waals surface area contributed by atoms with Crippen LogP contribution in [0.5, 0.6) is 0 Å². The van der Waals surface area contributed by atoms with Crippen LogP contribution in [0, 0.1) is 5.92 Å².